The molecule has 90 heavy (non-hydrogen) atoms. The summed E-state index contributed by atoms with van der Waals surface area (Å²) >= 11 is 9.97. The van der Waals surface area contributed by atoms with Gasteiger partial charge < -0.3 is 34.7 Å². The number of rotatable bonds is 9. The highest BCUT2D eigenvalue weighted by atomic mass is 35.5. The van der Waals surface area contributed by atoms with E-state index in [4.69, 9.17) is 16.6 Å². The first kappa shape index (κ1) is 64.6. The van der Waals surface area contributed by atoms with Crippen LogP contribution in [0.15, 0.2) is 202 Å². The van der Waals surface area contributed by atoms with Gasteiger partial charge in [0, 0.05) is 114 Å². The first-order valence-corrected chi connectivity index (χ1v) is 34.6. The first-order valence-electron chi connectivity index (χ1n) is 32.2. The van der Waals surface area contributed by atoms with Crippen LogP contribution in [0.2, 0.25) is 5.02 Å². The molecule has 0 spiro atoms. The summed E-state index contributed by atoms with van der Waals surface area (Å²) in [7, 11) is 12.9. The van der Waals surface area contributed by atoms with E-state index < -0.39 is 0 Å². The van der Waals surface area contributed by atoms with Gasteiger partial charge in [-0.2, -0.15) is 0 Å². The Kier molecular flexibility index (Phi) is 22.2. The number of halogens is 1. The largest absolute Gasteiger partial charge is 0.353 e. The molecule has 0 aromatic heterocycles. The average Bonchev–Trinajstić information content (AvgIpc) is 2.62. The molecule has 1 unspecified atom stereocenters. The summed E-state index contributed by atoms with van der Waals surface area (Å²) in [4.78, 5) is 26.1. The third-order valence-corrected chi connectivity index (χ3v) is 20.1. The Labute approximate surface area is 551 Å². The fraction of sp³-hybridized carbons (Fsp3) is 0.321. The minimum absolute atomic E-state index is 0.497. The van der Waals surface area contributed by atoms with Gasteiger partial charge in [-0.3, -0.25) is 4.90 Å². The molecule has 5 aliphatic heterocycles. The molecule has 0 saturated carbocycles. The summed E-state index contributed by atoms with van der Waals surface area (Å²) in [5.41, 5.74) is 20.8. The van der Waals surface area contributed by atoms with Crippen LogP contribution >= 0.6 is 35.1 Å². The highest BCUT2D eigenvalue weighted by Crippen LogP contribution is 2.45. The first-order chi connectivity index (χ1) is 43.8. The van der Waals surface area contributed by atoms with Gasteiger partial charge >= 0.3 is 0 Å². The third-order valence-electron chi connectivity index (χ3n) is 17.9. The predicted octanol–water partition coefficient (Wildman–Crippen LogP) is 16.9. The fourth-order valence-corrected chi connectivity index (χ4v) is 14.6. The molecule has 2 fully saturated rings. The Bertz CT molecular complexity index is 3770. The lowest BCUT2D eigenvalue weighted by molar-refractivity contribution is 0.109. The number of aliphatic imine (C=N–C) groups is 1. The maximum atomic E-state index is 6.18. The minimum atomic E-state index is 0.497. The van der Waals surface area contributed by atoms with E-state index in [-0.39, 0.29) is 0 Å². The van der Waals surface area contributed by atoms with E-state index in [1.807, 2.05) is 47.8 Å². The average molecular weight is 1250 g/mol. The van der Waals surface area contributed by atoms with Gasteiger partial charge in [0.15, 0.2) is 0 Å². The van der Waals surface area contributed by atoms with E-state index in [9.17, 15) is 0 Å². The Morgan fingerprint density at radius 1 is 0.600 bits per heavy atom. The van der Waals surface area contributed by atoms with E-state index in [1.165, 1.54) is 101 Å². The van der Waals surface area contributed by atoms with Crippen molar-refractivity contribution < 1.29 is 0 Å². The highest BCUT2D eigenvalue weighted by Gasteiger charge is 2.30. The summed E-state index contributed by atoms with van der Waals surface area (Å²) in [5.74, 6) is 1.03. The number of para-hydroxylation sites is 2. The Hall–Kier alpha value is -6.90. The number of hydrogen-bond donors (Lipinski definition) is 1. The molecule has 0 bridgehead atoms. The van der Waals surface area contributed by atoms with Gasteiger partial charge in [-0.1, -0.05) is 151 Å². The number of anilines is 4. The second-order valence-corrected chi connectivity index (χ2v) is 27.4. The number of thioether (sulfide) groups is 1. The maximum absolute atomic E-state index is 6.18. The number of benzene rings is 8. The molecule has 14 rings (SSSR count). The van der Waals surface area contributed by atoms with Gasteiger partial charge in [0.2, 0.25) is 0 Å². The van der Waals surface area contributed by atoms with E-state index in [0.717, 1.165) is 113 Å². The molecular weight excluding hydrogens is 1160 g/mol. The molecule has 1 aliphatic carbocycles. The lowest BCUT2D eigenvalue weighted by Crippen LogP contribution is -2.47. The van der Waals surface area contributed by atoms with Crippen molar-refractivity contribution >= 4 is 87.1 Å². The van der Waals surface area contributed by atoms with Gasteiger partial charge in [0.25, 0.3) is 0 Å². The normalized spacial score (nSPS) is 16.7. The lowest BCUT2D eigenvalue weighted by Gasteiger charge is -2.38. The highest BCUT2D eigenvalue weighted by molar-refractivity contribution is 7.99. The Balaban J connectivity index is 0.000000124. The molecule has 6 aliphatic rings. The van der Waals surface area contributed by atoms with E-state index in [1.54, 1.807) is 0 Å². The number of likely N-dealkylation sites (N-methyl/N-ethyl adjacent to an activating group) is 2. The number of fused-ring (bicyclic) bond motifs is 8. The molecule has 12 heteroatoms. The summed E-state index contributed by atoms with van der Waals surface area (Å²) in [5, 5.41) is 4.20. The van der Waals surface area contributed by atoms with Crippen molar-refractivity contribution in [3.05, 3.63) is 243 Å². The molecule has 8 aromatic carbocycles. The van der Waals surface area contributed by atoms with Gasteiger partial charge in [-0.05, 0) is 216 Å². The molecule has 1 atom stereocenters. The molecule has 9 nitrogen and oxygen atoms in total. The van der Waals surface area contributed by atoms with Crippen LogP contribution in [0.4, 0.5) is 28.4 Å². The van der Waals surface area contributed by atoms with Gasteiger partial charge in [-0.25, -0.2) is 4.99 Å². The molecule has 2 saturated heterocycles. The Morgan fingerprint density at radius 2 is 1.22 bits per heavy atom. The smallest absolute Gasteiger partial charge is 0.138 e. The number of amidine groups is 1. The van der Waals surface area contributed by atoms with Crippen molar-refractivity contribution in [3.8, 4) is 0 Å². The van der Waals surface area contributed by atoms with Crippen molar-refractivity contribution in [2.24, 2.45) is 4.99 Å². The predicted molar refractivity (Wildman–Crippen MR) is 388 cm³/mol. The number of aryl methyl sites for hydroxylation is 3. The van der Waals surface area contributed by atoms with Gasteiger partial charge in [-0.15, -0.1) is 11.8 Å². The van der Waals surface area contributed by atoms with Crippen LogP contribution in [0, 0.1) is 6.92 Å². The molecule has 466 valence electrons. The summed E-state index contributed by atoms with van der Waals surface area (Å²) in [6.45, 7) is 14.2. The van der Waals surface area contributed by atoms with Crippen molar-refractivity contribution in [1.82, 2.24) is 29.4 Å². The fourth-order valence-electron chi connectivity index (χ4n) is 12.8. The standard InChI is InChI=1S/C20H24N2S2.C20H26N2.C20H21N.C18H19ClN4/c1-21-9-11-22(12-10-21)18-13-15-5-3-4-6-19(15)24-20-8-7-16(23-2)14-17(18)20;1-16-9-10-18-12-11-17-7-4-5-8-19(17)22(20(18)15-16)14-6-13-21(2)3;1-21(2)15-7-12-20-18-10-5-3-8-16(18)13-14-17-9-4-6-11-19(17)20;1-22-8-10-23(11-9-22)18-14-4-2-3-5-15(14)20-16-7-6-13(19)12-17(16)21-18/h3-8,14,18H,9-13H2,1-2H3;4-5,7-10,15H,6,11-14H2,1-3H3;3-6,8-14H,7,15H2,1-2H3;2-7,12,20H,8-11H2,1H3. The van der Waals surface area contributed by atoms with Gasteiger partial charge in [0.05, 0.1) is 11.4 Å². The van der Waals surface area contributed by atoms with Crippen molar-refractivity contribution in [1.29, 1.82) is 0 Å². The van der Waals surface area contributed by atoms with Crippen LogP contribution in [0.3, 0.4) is 0 Å². The van der Waals surface area contributed by atoms with Crippen molar-refractivity contribution in [2.75, 3.05) is 131 Å². The molecule has 8 aromatic rings. The molecule has 5 heterocycles. The zero-order valence-electron chi connectivity index (χ0n) is 54.1. The van der Waals surface area contributed by atoms with Crippen molar-refractivity contribution in [2.45, 2.75) is 59.8 Å². The van der Waals surface area contributed by atoms with E-state index >= 15 is 0 Å². The molecular formula is C78H90ClN9S2. The number of hydrogen-bond acceptors (Lipinski definition) is 11. The van der Waals surface area contributed by atoms with Crippen molar-refractivity contribution in [3.63, 3.8) is 0 Å². The Morgan fingerprint density at radius 3 is 1.92 bits per heavy atom. The number of nitrogens with zero attached hydrogens (tertiary/aromatic N) is 8. The maximum Gasteiger partial charge on any atom is 0.138 e. The SMILES string of the molecule is CN(C)CCC=C1c2ccccc2C=Cc2ccccc21.CN1CCN(C2=Nc3cc(Cl)ccc3Nc3ccccc32)CC1.CSc1ccc2c(c1)C(N1CCN(C)CC1)Cc1ccccc1S2.Cc1ccc2c(c1)N(CCCN(C)C)c1ccccc1CC2. The van der Waals surface area contributed by atoms with Crippen LogP contribution in [-0.4, -0.2) is 156 Å². The van der Waals surface area contributed by atoms with E-state index in [2.05, 4.69) is 265 Å². The molecule has 1 N–H and O–H groups in total. The quantitative estimate of drug-likeness (QED) is 0.141. The number of piperazine rings is 2. The topological polar surface area (TPSA) is 47.1 Å². The van der Waals surface area contributed by atoms with Crippen LogP contribution in [-0.2, 0) is 19.3 Å². The second kappa shape index (κ2) is 30.9. The zero-order valence-corrected chi connectivity index (χ0v) is 56.5. The zero-order chi connectivity index (χ0) is 62.5. The third kappa shape index (κ3) is 16.2. The molecule has 0 radical (unpaired) electrons. The summed E-state index contributed by atoms with van der Waals surface area (Å²) in [6, 6.07) is 63.7. The van der Waals surface area contributed by atoms with Crippen LogP contribution in [0.25, 0.3) is 17.7 Å². The monoisotopic (exact) mass is 1250 g/mol. The van der Waals surface area contributed by atoms with Crippen LogP contribution < -0.4 is 10.2 Å². The lowest BCUT2D eigenvalue weighted by atomic mass is 9.93. The van der Waals surface area contributed by atoms with E-state index in [0.29, 0.717) is 11.1 Å². The second-order valence-electron chi connectivity index (χ2n) is 25.0. The summed E-state index contributed by atoms with van der Waals surface area (Å²) in [6.07, 6.45) is 14.6. The van der Waals surface area contributed by atoms with Crippen LogP contribution in [0.5, 0.6) is 0 Å². The summed E-state index contributed by atoms with van der Waals surface area (Å²) < 4.78 is 0. The minimum Gasteiger partial charge on any atom is -0.353 e. The van der Waals surface area contributed by atoms with Crippen LogP contribution in [0.1, 0.15) is 74.5 Å². The van der Waals surface area contributed by atoms with Gasteiger partial charge in [0.1, 0.15) is 5.84 Å². The molecule has 0 amide bonds. The number of nitrogens with one attached hydrogen (secondary N) is 1.